The van der Waals surface area contributed by atoms with Crippen molar-refractivity contribution in [3.05, 3.63) is 36.5 Å². The maximum atomic E-state index is 12.3. The van der Waals surface area contributed by atoms with E-state index in [-0.39, 0.29) is 13.1 Å². The van der Waals surface area contributed by atoms with Crippen LogP contribution in [0.4, 0.5) is 5.69 Å². The molecule has 0 saturated heterocycles. The zero-order valence-corrected chi connectivity index (χ0v) is 14.5. The Morgan fingerprint density at radius 3 is 2.75 bits per heavy atom. The summed E-state index contributed by atoms with van der Waals surface area (Å²) in [5, 5.41) is 3.64. The van der Waals surface area contributed by atoms with Crippen molar-refractivity contribution in [2.75, 3.05) is 38.4 Å². The molecule has 0 aliphatic rings. The van der Waals surface area contributed by atoms with E-state index in [1.807, 2.05) is 24.3 Å². The number of amides is 1. The molecule has 0 aliphatic heterocycles. The van der Waals surface area contributed by atoms with E-state index in [1.54, 1.807) is 19.4 Å². The van der Waals surface area contributed by atoms with E-state index in [9.17, 15) is 13.2 Å². The summed E-state index contributed by atoms with van der Waals surface area (Å²) >= 11 is 0. The number of hydrogen-bond acceptors (Lipinski definition) is 5. The van der Waals surface area contributed by atoms with Gasteiger partial charge in [-0.3, -0.25) is 9.78 Å². The molecule has 1 heterocycles. The summed E-state index contributed by atoms with van der Waals surface area (Å²) in [5.41, 5.74) is 1.22. The molecule has 0 fully saturated rings. The Kier molecular flexibility index (Phi) is 6.24. The molecule has 0 saturated carbocycles. The van der Waals surface area contributed by atoms with E-state index in [2.05, 4.69) is 10.3 Å². The third-order valence-corrected chi connectivity index (χ3v) is 4.70. The number of carbonyl (C=O) groups is 1. The highest BCUT2D eigenvalue weighted by molar-refractivity contribution is 7.88. The summed E-state index contributed by atoms with van der Waals surface area (Å²) in [5.74, 6) is -0.406. The summed E-state index contributed by atoms with van der Waals surface area (Å²) in [6, 6.07) is 9.15. The first kappa shape index (κ1) is 18.3. The van der Waals surface area contributed by atoms with Gasteiger partial charge in [-0.25, -0.2) is 8.42 Å². The molecular weight excluding hydrogens is 330 g/mol. The van der Waals surface area contributed by atoms with Crippen LogP contribution in [0.2, 0.25) is 0 Å². The van der Waals surface area contributed by atoms with E-state index in [1.165, 1.54) is 0 Å². The van der Waals surface area contributed by atoms with E-state index >= 15 is 0 Å². The average Bonchev–Trinajstić information content (AvgIpc) is 2.53. The quantitative estimate of drug-likeness (QED) is 0.728. The third-order valence-electron chi connectivity index (χ3n) is 3.45. The van der Waals surface area contributed by atoms with Crippen LogP contribution in [0.3, 0.4) is 0 Å². The van der Waals surface area contributed by atoms with Gasteiger partial charge in [-0.2, -0.15) is 4.31 Å². The monoisotopic (exact) mass is 351 g/mol. The normalized spacial score (nSPS) is 11.8. The summed E-state index contributed by atoms with van der Waals surface area (Å²) in [4.78, 5) is 16.5. The first-order valence-corrected chi connectivity index (χ1v) is 9.34. The number of nitrogens with one attached hydrogen (secondary N) is 1. The van der Waals surface area contributed by atoms with E-state index < -0.39 is 15.9 Å². The Morgan fingerprint density at radius 2 is 2.04 bits per heavy atom. The van der Waals surface area contributed by atoms with Gasteiger partial charge < -0.3 is 10.1 Å². The van der Waals surface area contributed by atoms with Gasteiger partial charge in [0.1, 0.15) is 0 Å². The zero-order chi connectivity index (χ0) is 17.6. The van der Waals surface area contributed by atoms with Gasteiger partial charge in [-0.15, -0.1) is 0 Å². The number of benzene rings is 1. The van der Waals surface area contributed by atoms with Crippen LogP contribution in [-0.4, -0.2) is 56.7 Å². The molecule has 8 heteroatoms. The maximum Gasteiger partial charge on any atom is 0.239 e. The number of carbonyl (C=O) groups excluding carboxylic acids is 1. The number of ether oxygens (including phenoxy) is 1. The molecule has 0 aliphatic carbocycles. The number of aromatic nitrogens is 1. The van der Waals surface area contributed by atoms with Gasteiger partial charge in [0.25, 0.3) is 0 Å². The predicted molar refractivity (Wildman–Crippen MR) is 93.3 cm³/mol. The molecule has 24 heavy (non-hydrogen) atoms. The SMILES string of the molecule is COCCCN(CC(=O)Nc1cccc2cccnc12)S(C)(=O)=O. The van der Waals surface area contributed by atoms with Crippen molar-refractivity contribution in [1.82, 2.24) is 9.29 Å². The van der Waals surface area contributed by atoms with Crippen LogP contribution in [0, 0.1) is 0 Å². The molecule has 0 spiro atoms. The van der Waals surface area contributed by atoms with Gasteiger partial charge in [0.15, 0.2) is 0 Å². The van der Waals surface area contributed by atoms with Crippen LogP contribution in [0.15, 0.2) is 36.5 Å². The molecule has 130 valence electrons. The van der Waals surface area contributed by atoms with Gasteiger partial charge in [-0.1, -0.05) is 18.2 Å². The second-order valence-corrected chi connectivity index (χ2v) is 7.35. The lowest BCUT2D eigenvalue weighted by Gasteiger charge is -2.19. The van der Waals surface area contributed by atoms with E-state index in [4.69, 9.17) is 4.74 Å². The number of hydrogen-bond donors (Lipinski definition) is 1. The number of anilines is 1. The smallest absolute Gasteiger partial charge is 0.239 e. The number of methoxy groups -OCH3 is 1. The summed E-state index contributed by atoms with van der Waals surface area (Å²) in [6.45, 7) is 0.417. The van der Waals surface area contributed by atoms with Crippen molar-refractivity contribution >= 4 is 32.5 Å². The first-order chi connectivity index (χ1) is 11.4. The number of para-hydroxylation sites is 1. The molecule has 0 radical (unpaired) electrons. The minimum absolute atomic E-state index is 0.230. The van der Waals surface area contributed by atoms with Gasteiger partial charge in [-0.05, 0) is 18.6 Å². The highest BCUT2D eigenvalue weighted by Gasteiger charge is 2.20. The number of fused-ring (bicyclic) bond motifs is 1. The van der Waals surface area contributed by atoms with Crippen LogP contribution in [0.5, 0.6) is 0 Å². The molecule has 0 unspecified atom stereocenters. The fraction of sp³-hybridized carbons (Fsp3) is 0.375. The number of nitrogens with zero attached hydrogens (tertiary/aromatic N) is 2. The average molecular weight is 351 g/mol. The van der Waals surface area contributed by atoms with Crippen molar-refractivity contribution in [2.45, 2.75) is 6.42 Å². The Morgan fingerprint density at radius 1 is 1.29 bits per heavy atom. The van der Waals surface area contributed by atoms with Crippen molar-refractivity contribution in [2.24, 2.45) is 0 Å². The Labute approximate surface area is 141 Å². The minimum atomic E-state index is -3.47. The molecular formula is C16H21N3O4S. The highest BCUT2D eigenvalue weighted by Crippen LogP contribution is 2.20. The second-order valence-electron chi connectivity index (χ2n) is 5.37. The highest BCUT2D eigenvalue weighted by atomic mass is 32.2. The molecule has 7 nitrogen and oxygen atoms in total. The van der Waals surface area contributed by atoms with Crippen molar-refractivity contribution in [3.63, 3.8) is 0 Å². The third kappa shape index (κ3) is 4.98. The summed E-state index contributed by atoms with van der Waals surface area (Å²) in [7, 11) is -1.93. The predicted octanol–water partition coefficient (Wildman–Crippen LogP) is 1.47. The van der Waals surface area contributed by atoms with Crippen molar-refractivity contribution < 1.29 is 17.9 Å². The molecule has 0 bridgehead atoms. The van der Waals surface area contributed by atoms with Crippen LogP contribution < -0.4 is 5.32 Å². The van der Waals surface area contributed by atoms with Crippen LogP contribution in [-0.2, 0) is 19.6 Å². The van der Waals surface area contributed by atoms with Gasteiger partial charge >= 0.3 is 0 Å². The maximum absolute atomic E-state index is 12.3. The Hall–Kier alpha value is -2.03. The molecule has 1 aromatic heterocycles. The summed E-state index contributed by atoms with van der Waals surface area (Å²) < 4.78 is 29.7. The second kappa shape index (κ2) is 8.18. The number of pyridine rings is 1. The lowest BCUT2D eigenvalue weighted by Crippen LogP contribution is -2.38. The van der Waals surface area contributed by atoms with Crippen LogP contribution in [0.1, 0.15) is 6.42 Å². The fourth-order valence-corrected chi connectivity index (χ4v) is 3.11. The van der Waals surface area contributed by atoms with Crippen molar-refractivity contribution in [1.29, 1.82) is 0 Å². The largest absolute Gasteiger partial charge is 0.385 e. The molecule has 1 N–H and O–H groups in total. The van der Waals surface area contributed by atoms with Gasteiger partial charge in [0, 0.05) is 31.8 Å². The minimum Gasteiger partial charge on any atom is -0.385 e. The first-order valence-electron chi connectivity index (χ1n) is 7.49. The zero-order valence-electron chi connectivity index (χ0n) is 13.7. The number of rotatable bonds is 8. The van der Waals surface area contributed by atoms with E-state index in [0.29, 0.717) is 24.2 Å². The topological polar surface area (TPSA) is 88.6 Å². The van der Waals surface area contributed by atoms with Gasteiger partial charge in [0.05, 0.1) is 24.0 Å². The fourth-order valence-electron chi connectivity index (χ4n) is 2.30. The van der Waals surface area contributed by atoms with Gasteiger partial charge in [0.2, 0.25) is 15.9 Å². The molecule has 2 aromatic rings. The standard InChI is InChI=1S/C16H21N3O4S/c1-23-11-5-10-19(24(2,21)22)12-15(20)18-14-8-3-6-13-7-4-9-17-16(13)14/h3-4,6-9H,5,10-12H2,1-2H3,(H,18,20). The van der Waals surface area contributed by atoms with Crippen LogP contribution >= 0.6 is 0 Å². The molecule has 0 atom stereocenters. The van der Waals surface area contributed by atoms with Crippen LogP contribution in [0.25, 0.3) is 10.9 Å². The Balaban J connectivity index is 2.10. The summed E-state index contributed by atoms with van der Waals surface area (Å²) in [6.07, 6.45) is 3.25. The Bertz CT molecular complexity index is 803. The molecule has 1 amide bonds. The number of sulfonamides is 1. The lowest BCUT2D eigenvalue weighted by molar-refractivity contribution is -0.116. The lowest BCUT2D eigenvalue weighted by atomic mass is 10.2. The molecule has 2 rings (SSSR count). The van der Waals surface area contributed by atoms with Crippen molar-refractivity contribution in [3.8, 4) is 0 Å². The molecule has 1 aromatic carbocycles. The van der Waals surface area contributed by atoms with E-state index in [0.717, 1.165) is 15.9 Å².